The van der Waals surface area contributed by atoms with E-state index in [1.807, 2.05) is 30.0 Å². The topological polar surface area (TPSA) is 41.1 Å². The van der Waals surface area contributed by atoms with E-state index in [9.17, 15) is 4.79 Å². The number of carbonyl (C=O) groups excluding carboxylic acids is 1. The first-order chi connectivity index (χ1) is 8.86. The monoisotopic (exact) mass is 282 g/mol. The van der Waals surface area contributed by atoms with Gasteiger partial charge in [0.25, 0.3) is 0 Å². The van der Waals surface area contributed by atoms with Gasteiger partial charge >= 0.3 is 0 Å². The maximum Gasteiger partial charge on any atom is 0.238 e. The molecule has 1 heterocycles. The molecule has 1 aromatic carbocycles. The van der Waals surface area contributed by atoms with Crippen LogP contribution in [0.1, 0.15) is 0 Å². The number of rotatable bonds is 5. The van der Waals surface area contributed by atoms with E-state index in [1.54, 1.807) is 11.8 Å². The summed E-state index contributed by atoms with van der Waals surface area (Å²) >= 11 is 3.61. The second-order valence-electron chi connectivity index (χ2n) is 4.03. The van der Waals surface area contributed by atoms with Crippen LogP contribution in [0.5, 0.6) is 0 Å². The van der Waals surface area contributed by atoms with Gasteiger partial charge in [0, 0.05) is 35.2 Å². The number of hydrogen-bond donors (Lipinski definition) is 2. The van der Waals surface area contributed by atoms with Crippen molar-refractivity contribution < 1.29 is 4.79 Å². The fourth-order valence-electron chi connectivity index (χ4n) is 1.72. The van der Waals surface area contributed by atoms with Crippen molar-refractivity contribution in [3.63, 3.8) is 0 Å². The van der Waals surface area contributed by atoms with E-state index in [0.717, 1.165) is 30.3 Å². The number of nitrogens with one attached hydrogen (secondary N) is 2. The molecular weight excluding hydrogens is 264 g/mol. The Morgan fingerprint density at radius 2 is 2.28 bits per heavy atom. The Morgan fingerprint density at radius 1 is 1.44 bits per heavy atom. The van der Waals surface area contributed by atoms with Crippen molar-refractivity contribution in [3.8, 4) is 0 Å². The van der Waals surface area contributed by atoms with Crippen molar-refractivity contribution in [3.05, 3.63) is 30.3 Å². The van der Waals surface area contributed by atoms with Crippen LogP contribution in [-0.2, 0) is 4.79 Å². The highest BCUT2D eigenvalue weighted by molar-refractivity contribution is 7.99. The molecule has 2 rings (SSSR count). The smallest absolute Gasteiger partial charge is 0.238 e. The average Bonchev–Trinajstić information content (AvgIpc) is 2.45. The van der Waals surface area contributed by atoms with E-state index in [0.29, 0.717) is 0 Å². The molecule has 1 aliphatic rings. The SMILES string of the molecule is O=C(NCCSc1ccccc1)C1CSCCN1. The Hall–Kier alpha value is -0.650. The molecule has 98 valence electrons. The standard InChI is InChI=1S/C13H18N2OS2/c16-13(12-10-17-8-6-14-12)15-7-9-18-11-4-2-1-3-5-11/h1-5,12,14H,6-10H2,(H,15,16). The van der Waals surface area contributed by atoms with Crippen LogP contribution >= 0.6 is 23.5 Å². The summed E-state index contributed by atoms with van der Waals surface area (Å²) < 4.78 is 0. The third-order valence-corrected chi connectivity index (χ3v) is 4.73. The zero-order chi connectivity index (χ0) is 12.6. The van der Waals surface area contributed by atoms with E-state index in [2.05, 4.69) is 22.8 Å². The van der Waals surface area contributed by atoms with Crippen LogP contribution in [0.15, 0.2) is 35.2 Å². The first-order valence-corrected chi connectivity index (χ1v) is 8.27. The summed E-state index contributed by atoms with van der Waals surface area (Å²) in [4.78, 5) is 13.1. The Labute approximate surface area is 116 Å². The highest BCUT2D eigenvalue weighted by atomic mass is 32.2. The van der Waals surface area contributed by atoms with E-state index >= 15 is 0 Å². The van der Waals surface area contributed by atoms with Gasteiger partial charge in [-0.3, -0.25) is 4.79 Å². The largest absolute Gasteiger partial charge is 0.354 e. The molecule has 1 atom stereocenters. The first kappa shape index (κ1) is 13.8. The van der Waals surface area contributed by atoms with Crippen LogP contribution in [0.2, 0.25) is 0 Å². The van der Waals surface area contributed by atoms with Crippen molar-refractivity contribution in [2.75, 3.05) is 30.3 Å². The molecule has 0 saturated carbocycles. The molecule has 5 heteroatoms. The predicted octanol–water partition coefficient (Wildman–Crippen LogP) is 1.60. The molecule has 1 aliphatic heterocycles. The Morgan fingerprint density at radius 3 is 3.00 bits per heavy atom. The van der Waals surface area contributed by atoms with Gasteiger partial charge in [-0.1, -0.05) is 18.2 Å². The molecule has 1 saturated heterocycles. The van der Waals surface area contributed by atoms with Gasteiger partial charge in [0.05, 0.1) is 6.04 Å². The summed E-state index contributed by atoms with van der Waals surface area (Å²) in [5.41, 5.74) is 0. The van der Waals surface area contributed by atoms with Gasteiger partial charge in [0.15, 0.2) is 0 Å². The molecule has 18 heavy (non-hydrogen) atoms. The lowest BCUT2D eigenvalue weighted by Gasteiger charge is -2.22. The number of amides is 1. The molecule has 0 spiro atoms. The third kappa shape index (κ3) is 4.55. The van der Waals surface area contributed by atoms with Gasteiger partial charge < -0.3 is 10.6 Å². The lowest BCUT2D eigenvalue weighted by molar-refractivity contribution is -0.122. The fraction of sp³-hybridized carbons (Fsp3) is 0.462. The highest BCUT2D eigenvalue weighted by Crippen LogP contribution is 2.15. The summed E-state index contributed by atoms with van der Waals surface area (Å²) in [6.45, 7) is 1.66. The summed E-state index contributed by atoms with van der Waals surface area (Å²) in [5.74, 6) is 3.04. The maximum atomic E-state index is 11.8. The zero-order valence-electron chi connectivity index (χ0n) is 10.2. The van der Waals surface area contributed by atoms with Crippen LogP contribution in [0.3, 0.4) is 0 Å². The van der Waals surface area contributed by atoms with Crippen molar-refractivity contribution in [2.45, 2.75) is 10.9 Å². The molecule has 1 amide bonds. The van der Waals surface area contributed by atoms with Gasteiger partial charge in [-0.2, -0.15) is 11.8 Å². The first-order valence-electron chi connectivity index (χ1n) is 6.13. The van der Waals surface area contributed by atoms with Crippen LogP contribution in [0.25, 0.3) is 0 Å². The summed E-state index contributed by atoms with van der Waals surface area (Å²) in [5, 5.41) is 6.22. The lowest BCUT2D eigenvalue weighted by Crippen LogP contribution is -2.49. The molecule has 2 N–H and O–H groups in total. The molecule has 0 bridgehead atoms. The molecule has 1 aromatic rings. The van der Waals surface area contributed by atoms with E-state index in [-0.39, 0.29) is 11.9 Å². The van der Waals surface area contributed by atoms with Crippen molar-refractivity contribution in [2.24, 2.45) is 0 Å². The van der Waals surface area contributed by atoms with Gasteiger partial charge in [-0.25, -0.2) is 0 Å². The molecule has 1 fully saturated rings. The van der Waals surface area contributed by atoms with E-state index in [1.165, 1.54) is 4.90 Å². The molecule has 1 unspecified atom stereocenters. The minimum atomic E-state index is -0.00882. The summed E-state index contributed by atoms with van der Waals surface area (Å²) in [7, 11) is 0. The molecular formula is C13H18N2OS2. The van der Waals surface area contributed by atoms with Crippen LogP contribution in [-0.4, -0.2) is 42.3 Å². The van der Waals surface area contributed by atoms with Crippen molar-refractivity contribution >= 4 is 29.4 Å². The summed E-state index contributed by atoms with van der Waals surface area (Å²) in [6, 6.07) is 10.2. The zero-order valence-corrected chi connectivity index (χ0v) is 11.9. The van der Waals surface area contributed by atoms with E-state index < -0.39 is 0 Å². The van der Waals surface area contributed by atoms with E-state index in [4.69, 9.17) is 0 Å². The molecule has 0 radical (unpaired) electrons. The van der Waals surface area contributed by atoms with Gasteiger partial charge in [-0.15, -0.1) is 11.8 Å². The molecule has 3 nitrogen and oxygen atoms in total. The molecule has 0 aromatic heterocycles. The average molecular weight is 282 g/mol. The van der Waals surface area contributed by atoms with Crippen LogP contribution < -0.4 is 10.6 Å². The number of hydrogen-bond acceptors (Lipinski definition) is 4. The second-order valence-corrected chi connectivity index (χ2v) is 6.35. The normalized spacial score (nSPS) is 19.4. The Bertz CT molecular complexity index is 367. The fourth-order valence-corrected chi connectivity index (χ4v) is 3.44. The van der Waals surface area contributed by atoms with Gasteiger partial charge in [-0.05, 0) is 12.1 Å². The third-order valence-electron chi connectivity index (χ3n) is 2.65. The number of thioether (sulfide) groups is 2. The highest BCUT2D eigenvalue weighted by Gasteiger charge is 2.19. The van der Waals surface area contributed by atoms with Gasteiger partial charge in [0.1, 0.15) is 0 Å². The lowest BCUT2D eigenvalue weighted by atomic mass is 10.3. The second kappa shape index (κ2) is 7.71. The summed E-state index contributed by atoms with van der Waals surface area (Å²) in [6.07, 6.45) is 0. The molecule has 0 aliphatic carbocycles. The van der Waals surface area contributed by atoms with Gasteiger partial charge in [0.2, 0.25) is 5.91 Å². The predicted molar refractivity (Wildman–Crippen MR) is 79.3 cm³/mol. The minimum Gasteiger partial charge on any atom is -0.354 e. The van der Waals surface area contributed by atoms with Crippen LogP contribution in [0, 0.1) is 0 Å². The quantitative estimate of drug-likeness (QED) is 0.636. The minimum absolute atomic E-state index is 0.00882. The Balaban J connectivity index is 1.61. The Kier molecular flexibility index (Phi) is 5.90. The van der Waals surface area contributed by atoms with Crippen molar-refractivity contribution in [1.29, 1.82) is 0 Å². The maximum absolute atomic E-state index is 11.8. The number of benzene rings is 1. The van der Waals surface area contributed by atoms with Crippen LogP contribution in [0.4, 0.5) is 0 Å². The number of carbonyl (C=O) groups is 1. The van der Waals surface area contributed by atoms with Crippen molar-refractivity contribution in [1.82, 2.24) is 10.6 Å².